The molecule has 27 heavy (non-hydrogen) atoms. The Hall–Kier alpha value is -2.30. The number of H-pyrrole nitrogens is 1. The van der Waals surface area contributed by atoms with Crippen molar-refractivity contribution >= 4 is 45.4 Å². The minimum absolute atomic E-state index is 0.0405. The van der Waals surface area contributed by atoms with Gasteiger partial charge in [0.05, 0.1) is 16.2 Å². The molecule has 0 spiro atoms. The predicted octanol–water partition coefficient (Wildman–Crippen LogP) is 4.06. The Bertz CT molecular complexity index is 999. The topological polar surface area (TPSA) is 104 Å². The lowest BCUT2D eigenvalue weighted by Gasteiger charge is -2.31. The van der Waals surface area contributed by atoms with Crippen molar-refractivity contribution in [1.82, 2.24) is 19.9 Å². The van der Waals surface area contributed by atoms with Crippen LogP contribution in [0.15, 0.2) is 24.7 Å². The molecular formula is C18H19FIN5O2. The van der Waals surface area contributed by atoms with Gasteiger partial charge in [0.2, 0.25) is 0 Å². The molecular weight excluding hydrogens is 464 g/mol. The highest BCUT2D eigenvalue weighted by molar-refractivity contribution is 14.1. The molecule has 0 saturated carbocycles. The van der Waals surface area contributed by atoms with Gasteiger partial charge in [-0.25, -0.2) is 19.3 Å². The number of pyridine rings is 1. The Morgan fingerprint density at radius 3 is 2.78 bits per heavy atom. The number of aromatic nitrogens is 4. The molecule has 0 fully saturated rings. The predicted molar refractivity (Wildman–Crippen MR) is 109 cm³/mol. The first kappa shape index (κ1) is 19.5. The van der Waals surface area contributed by atoms with Crippen molar-refractivity contribution in [3.05, 3.63) is 34.0 Å². The SMILES string of the molecule is CC(C)(C)[C@@H](CC(=O)O)Nc1nc(-c2c[nH]c3ncc(F)cc23)ncc1I. The molecule has 0 aliphatic carbocycles. The van der Waals surface area contributed by atoms with E-state index in [9.17, 15) is 14.3 Å². The molecule has 3 rings (SSSR count). The molecule has 0 aromatic carbocycles. The van der Waals surface area contributed by atoms with Crippen molar-refractivity contribution in [3.63, 3.8) is 0 Å². The van der Waals surface area contributed by atoms with Crippen molar-refractivity contribution in [2.45, 2.75) is 33.2 Å². The van der Waals surface area contributed by atoms with E-state index in [0.29, 0.717) is 28.2 Å². The van der Waals surface area contributed by atoms with Gasteiger partial charge in [0.1, 0.15) is 17.3 Å². The highest BCUT2D eigenvalue weighted by Gasteiger charge is 2.28. The second-order valence-electron chi connectivity index (χ2n) is 7.30. The van der Waals surface area contributed by atoms with Crippen molar-refractivity contribution in [2.75, 3.05) is 5.32 Å². The van der Waals surface area contributed by atoms with Crippen LogP contribution in [-0.4, -0.2) is 37.1 Å². The van der Waals surface area contributed by atoms with E-state index >= 15 is 0 Å². The van der Waals surface area contributed by atoms with Crippen LogP contribution < -0.4 is 5.32 Å². The zero-order valence-corrected chi connectivity index (χ0v) is 17.2. The number of fused-ring (bicyclic) bond motifs is 1. The number of hydrogen-bond donors (Lipinski definition) is 3. The standard InChI is InChI=1S/C18H19FIN5O2/c1-18(2,3)13(5-14(26)27)24-17-12(20)8-23-16(25-17)11-7-22-15-10(11)4-9(19)6-21-15/h4,6-8,13H,5H2,1-3H3,(H,21,22)(H,26,27)(H,23,24,25)/t13-/m1/s1. The number of hydrogen-bond acceptors (Lipinski definition) is 5. The van der Waals surface area contributed by atoms with Crippen LogP contribution in [0, 0.1) is 14.8 Å². The fourth-order valence-electron chi connectivity index (χ4n) is 2.67. The maximum Gasteiger partial charge on any atom is 0.305 e. The lowest BCUT2D eigenvalue weighted by Crippen LogP contribution is -2.36. The van der Waals surface area contributed by atoms with Gasteiger partial charge >= 0.3 is 5.97 Å². The summed E-state index contributed by atoms with van der Waals surface area (Å²) >= 11 is 2.10. The quantitative estimate of drug-likeness (QED) is 0.473. The maximum absolute atomic E-state index is 13.6. The first-order chi connectivity index (χ1) is 12.6. The van der Waals surface area contributed by atoms with Crippen LogP contribution in [0.4, 0.5) is 10.2 Å². The molecule has 9 heteroatoms. The lowest BCUT2D eigenvalue weighted by molar-refractivity contribution is -0.137. The zero-order valence-electron chi connectivity index (χ0n) is 15.0. The summed E-state index contributed by atoms with van der Waals surface area (Å²) in [6, 6.07) is 1.05. The van der Waals surface area contributed by atoms with Crippen LogP contribution in [0.25, 0.3) is 22.4 Å². The Morgan fingerprint density at radius 2 is 2.11 bits per heavy atom. The highest BCUT2D eigenvalue weighted by Crippen LogP contribution is 2.30. The number of carbonyl (C=O) groups is 1. The van der Waals surface area contributed by atoms with E-state index in [1.165, 1.54) is 6.07 Å². The summed E-state index contributed by atoms with van der Waals surface area (Å²) in [6.45, 7) is 5.91. The highest BCUT2D eigenvalue weighted by atomic mass is 127. The van der Waals surface area contributed by atoms with Gasteiger partial charge in [0.25, 0.3) is 0 Å². The Morgan fingerprint density at radius 1 is 1.37 bits per heavy atom. The lowest BCUT2D eigenvalue weighted by atomic mass is 9.85. The second kappa shape index (κ2) is 7.37. The van der Waals surface area contributed by atoms with E-state index in [2.05, 4.69) is 47.8 Å². The van der Waals surface area contributed by atoms with Crippen LogP contribution in [0.3, 0.4) is 0 Å². The third-order valence-corrected chi connectivity index (χ3v) is 5.01. The minimum atomic E-state index is -0.884. The third-order valence-electron chi connectivity index (χ3n) is 4.22. The van der Waals surface area contributed by atoms with E-state index in [0.717, 1.165) is 9.77 Å². The number of nitrogens with zero attached hydrogens (tertiary/aromatic N) is 3. The molecule has 1 atom stereocenters. The molecule has 3 N–H and O–H groups in total. The Kier molecular flexibility index (Phi) is 5.31. The zero-order chi connectivity index (χ0) is 19.8. The number of carboxylic acids is 1. The molecule has 3 aromatic rings. The van der Waals surface area contributed by atoms with E-state index in [-0.39, 0.29) is 17.9 Å². The first-order valence-electron chi connectivity index (χ1n) is 8.29. The first-order valence-corrected chi connectivity index (χ1v) is 9.37. The fourth-order valence-corrected chi connectivity index (χ4v) is 3.09. The van der Waals surface area contributed by atoms with Crippen LogP contribution >= 0.6 is 22.6 Å². The van der Waals surface area contributed by atoms with Gasteiger partial charge in [-0.15, -0.1) is 0 Å². The van der Waals surface area contributed by atoms with Crippen LogP contribution in [0.1, 0.15) is 27.2 Å². The summed E-state index contributed by atoms with van der Waals surface area (Å²) in [5.41, 5.74) is 0.879. The molecule has 0 saturated heterocycles. The van der Waals surface area contributed by atoms with Crippen molar-refractivity contribution < 1.29 is 14.3 Å². The Labute approximate surface area is 169 Å². The number of nitrogens with one attached hydrogen (secondary N) is 2. The molecule has 0 bridgehead atoms. The Balaban J connectivity index is 2.01. The largest absolute Gasteiger partial charge is 0.481 e. The number of aromatic amines is 1. The van der Waals surface area contributed by atoms with Crippen LogP contribution in [0.5, 0.6) is 0 Å². The summed E-state index contributed by atoms with van der Waals surface area (Å²) in [5.74, 6) is -0.383. The average molecular weight is 483 g/mol. The van der Waals surface area contributed by atoms with E-state index in [1.807, 2.05) is 20.8 Å². The monoisotopic (exact) mass is 483 g/mol. The van der Waals surface area contributed by atoms with Gasteiger partial charge in [-0.1, -0.05) is 20.8 Å². The van der Waals surface area contributed by atoms with Crippen LogP contribution in [0.2, 0.25) is 0 Å². The number of carboxylic acid groups (broad SMARTS) is 1. The summed E-state index contributed by atoms with van der Waals surface area (Å²) < 4.78 is 14.4. The van der Waals surface area contributed by atoms with Crippen molar-refractivity contribution in [2.24, 2.45) is 5.41 Å². The molecule has 142 valence electrons. The van der Waals surface area contributed by atoms with E-state index < -0.39 is 11.8 Å². The molecule has 0 amide bonds. The summed E-state index contributed by atoms with van der Waals surface area (Å²) in [5, 5.41) is 13.0. The molecule has 3 aromatic heterocycles. The number of anilines is 1. The number of aliphatic carboxylic acids is 1. The second-order valence-corrected chi connectivity index (χ2v) is 8.47. The van der Waals surface area contributed by atoms with Gasteiger partial charge in [-0.2, -0.15) is 0 Å². The summed E-state index contributed by atoms with van der Waals surface area (Å²) in [4.78, 5) is 27.1. The molecule has 7 nitrogen and oxygen atoms in total. The van der Waals surface area contributed by atoms with Gasteiger partial charge < -0.3 is 15.4 Å². The van der Waals surface area contributed by atoms with Gasteiger partial charge in [0.15, 0.2) is 5.82 Å². The van der Waals surface area contributed by atoms with Crippen molar-refractivity contribution in [3.8, 4) is 11.4 Å². The van der Waals surface area contributed by atoms with Crippen molar-refractivity contribution in [1.29, 1.82) is 0 Å². The van der Waals surface area contributed by atoms with E-state index in [4.69, 9.17) is 0 Å². The normalized spacial score (nSPS) is 12.9. The molecule has 0 aliphatic rings. The van der Waals surface area contributed by atoms with E-state index in [1.54, 1.807) is 12.4 Å². The summed E-state index contributed by atoms with van der Waals surface area (Å²) in [7, 11) is 0. The minimum Gasteiger partial charge on any atom is -0.481 e. The summed E-state index contributed by atoms with van der Waals surface area (Å²) in [6.07, 6.45) is 4.43. The maximum atomic E-state index is 13.6. The van der Waals surface area contributed by atoms with Gasteiger partial charge in [-0.3, -0.25) is 4.79 Å². The van der Waals surface area contributed by atoms with Gasteiger partial charge in [0, 0.05) is 29.4 Å². The molecule has 3 heterocycles. The average Bonchev–Trinajstić information content (AvgIpc) is 2.98. The molecule has 0 aliphatic heterocycles. The third kappa shape index (κ3) is 4.34. The van der Waals surface area contributed by atoms with Crippen LogP contribution in [-0.2, 0) is 4.79 Å². The fraction of sp³-hybridized carbons (Fsp3) is 0.333. The smallest absolute Gasteiger partial charge is 0.305 e. The number of halogens is 2. The molecule has 0 unspecified atom stereocenters. The van der Waals surface area contributed by atoms with Gasteiger partial charge in [-0.05, 0) is 34.1 Å². The molecule has 0 radical (unpaired) electrons. The number of rotatable bonds is 5.